The molecule has 0 saturated heterocycles. The van der Waals surface area contributed by atoms with Crippen molar-refractivity contribution >= 4 is 28.1 Å². The van der Waals surface area contributed by atoms with Crippen molar-refractivity contribution in [3.05, 3.63) is 43.0 Å². The minimum Gasteiger partial charge on any atom is -0.420 e. The summed E-state index contributed by atoms with van der Waals surface area (Å²) in [7, 11) is 0. The van der Waals surface area contributed by atoms with E-state index in [1.54, 1.807) is 18.2 Å². The number of carbonyl (C=O) groups is 1. The number of hydrogen-bond donors (Lipinski definition) is 2. The lowest BCUT2D eigenvalue weighted by Crippen LogP contribution is -2.06. The first-order valence-electron chi connectivity index (χ1n) is 5.04. The molecule has 4 N–H and O–H groups in total. The molecule has 2 aromatic carbocycles. The molecule has 0 aromatic heterocycles. The van der Waals surface area contributed by atoms with Crippen LogP contribution in [0.15, 0.2) is 43.0 Å². The Bertz CT molecular complexity index is 600. The fourth-order valence-electron chi connectivity index (χ4n) is 1.58. The van der Waals surface area contributed by atoms with E-state index in [1.165, 1.54) is 0 Å². The van der Waals surface area contributed by atoms with Gasteiger partial charge in [0.15, 0.2) is 5.75 Å². The summed E-state index contributed by atoms with van der Waals surface area (Å²) in [6.07, 6.45) is 1.09. The maximum Gasteiger partial charge on any atom is 0.335 e. The van der Waals surface area contributed by atoms with Gasteiger partial charge in [-0.05, 0) is 23.6 Å². The number of benzene rings is 2. The van der Waals surface area contributed by atoms with Gasteiger partial charge in [0.25, 0.3) is 0 Å². The third-order valence-electron chi connectivity index (χ3n) is 2.40. The SMILES string of the molecule is C=CC(=O)Oc1c(N)ccc2ccc(N)cc12. The van der Waals surface area contributed by atoms with Crippen LogP contribution in [0.5, 0.6) is 5.75 Å². The summed E-state index contributed by atoms with van der Waals surface area (Å²) in [6.45, 7) is 3.34. The zero-order chi connectivity index (χ0) is 12.4. The lowest BCUT2D eigenvalue weighted by atomic mass is 10.1. The largest absolute Gasteiger partial charge is 0.420 e. The lowest BCUT2D eigenvalue weighted by molar-refractivity contribution is -0.128. The van der Waals surface area contributed by atoms with Crippen molar-refractivity contribution in [2.45, 2.75) is 0 Å². The topological polar surface area (TPSA) is 78.3 Å². The monoisotopic (exact) mass is 228 g/mol. The smallest absolute Gasteiger partial charge is 0.335 e. The van der Waals surface area contributed by atoms with Crippen LogP contribution in [-0.4, -0.2) is 5.97 Å². The highest BCUT2D eigenvalue weighted by Gasteiger charge is 2.10. The number of fused-ring (bicyclic) bond motifs is 1. The minimum absolute atomic E-state index is 0.319. The first kappa shape index (κ1) is 11.0. The lowest BCUT2D eigenvalue weighted by Gasteiger charge is -2.09. The molecule has 0 atom stereocenters. The maximum atomic E-state index is 11.2. The van der Waals surface area contributed by atoms with Crippen LogP contribution in [0.25, 0.3) is 10.8 Å². The molecule has 0 radical (unpaired) electrons. The summed E-state index contributed by atoms with van der Waals surface area (Å²) < 4.78 is 5.13. The van der Waals surface area contributed by atoms with E-state index in [0.29, 0.717) is 22.5 Å². The first-order valence-corrected chi connectivity index (χ1v) is 5.04. The Hall–Kier alpha value is -2.49. The third kappa shape index (κ3) is 2.06. The molecule has 0 bridgehead atoms. The molecule has 0 aliphatic rings. The van der Waals surface area contributed by atoms with Gasteiger partial charge in [-0.15, -0.1) is 0 Å². The van der Waals surface area contributed by atoms with E-state index in [-0.39, 0.29) is 0 Å². The van der Waals surface area contributed by atoms with Crippen molar-refractivity contribution in [3.63, 3.8) is 0 Å². The molecule has 4 heteroatoms. The van der Waals surface area contributed by atoms with Gasteiger partial charge < -0.3 is 16.2 Å². The van der Waals surface area contributed by atoms with Crippen LogP contribution in [0.1, 0.15) is 0 Å². The number of nitrogens with two attached hydrogens (primary N) is 2. The van der Waals surface area contributed by atoms with Gasteiger partial charge in [-0.1, -0.05) is 18.7 Å². The third-order valence-corrected chi connectivity index (χ3v) is 2.40. The van der Waals surface area contributed by atoms with E-state index < -0.39 is 5.97 Å². The van der Waals surface area contributed by atoms with Crippen molar-refractivity contribution < 1.29 is 9.53 Å². The van der Waals surface area contributed by atoms with Gasteiger partial charge in [-0.2, -0.15) is 0 Å². The van der Waals surface area contributed by atoms with Crippen molar-refractivity contribution in [2.24, 2.45) is 0 Å². The van der Waals surface area contributed by atoms with Gasteiger partial charge in [0.1, 0.15) is 0 Å². The second kappa shape index (κ2) is 4.17. The fourth-order valence-corrected chi connectivity index (χ4v) is 1.58. The molecule has 0 aliphatic heterocycles. The highest BCUT2D eigenvalue weighted by molar-refractivity contribution is 5.97. The Kier molecular flexibility index (Phi) is 2.70. The summed E-state index contributed by atoms with van der Waals surface area (Å²) in [4.78, 5) is 11.2. The molecule has 4 nitrogen and oxygen atoms in total. The first-order chi connectivity index (χ1) is 8.11. The van der Waals surface area contributed by atoms with Crippen molar-refractivity contribution in [2.75, 3.05) is 11.5 Å². The molecule has 0 heterocycles. The molecule has 0 unspecified atom stereocenters. The van der Waals surface area contributed by atoms with Gasteiger partial charge in [0, 0.05) is 17.1 Å². The number of esters is 1. The Morgan fingerprint density at radius 3 is 2.65 bits per heavy atom. The molecule has 2 rings (SSSR count). The molecule has 0 aliphatic carbocycles. The maximum absolute atomic E-state index is 11.2. The van der Waals surface area contributed by atoms with E-state index in [2.05, 4.69) is 6.58 Å². The van der Waals surface area contributed by atoms with Crippen LogP contribution in [0, 0.1) is 0 Å². The second-order valence-electron chi connectivity index (χ2n) is 3.59. The van der Waals surface area contributed by atoms with Gasteiger partial charge in [0.05, 0.1) is 5.69 Å². The van der Waals surface area contributed by atoms with E-state index in [4.69, 9.17) is 16.2 Å². The van der Waals surface area contributed by atoms with E-state index in [1.807, 2.05) is 12.1 Å². The van der Waals surface area contributed by atoms with Crippen LogP contribution in [-0.2, 0) is 4.79 Å². The van der Waals surface area contributed by atoms with Crippen molar-refractivity contribution in [3.8, 4) is 5.75 Å². The fraction of sp³-hybridized carbons (Fsp3) is 0. The van der Waals surface area contributed by atoms with Gasteiger partial charge in [-0.3, -0.25) is 0 Å². The summed E-state index contributed by atoms with van der Waals surface area (Å²) in [6, 6.07) is 8.87. The predicted molar refractivity (Wildman–Crippen MR) is 68.6 cm³/mol. The molecule has 0 saturated carbocycles. The number of hydrogen-bond acceptors (Lipinski definition) is 4. The van der Waals surface area contributed by atoms with E-state index in [0.717, 1.165) is 11.5 Å². The summed E-state index contributed by atoms with van der Waals surface area (Å²) in [5, 5.41) is 1.61. The predicted octanol–water partition coefficient (Wildman–Crippen LogP) is 2.10. The van der Waals surface area contributed by atoms with E-state index >= 15 is 0 Å². The zero-order valence-corrected chi connectivity index (χ0v) is 9.14. The average molecular weight is 228 g/mol. The normalized spacial score (nSPS) is 10.1. The van der Waals surface area contributed by atoms with Crippen LogP contribution in [0.3, 0.4) is 0 Å². The Morgan fingerprint density at radius 1 is 1.24 bits per heavy atom. The van der Waals surface area contributed by atoms with Crippen LogP contribution in [0.2, 0.25) is 0 Å². The molecule has 0 fully saturated rings. The van der Waals surface area contributed by atoms with Gasteiger partial charge in [0.2, 0.25) is 0 Å². The number of carbonyl (C=O) groups excluding carboxylic acids is 1. The summed E-state index contributed by atoms with van der Waals surface area (Å²) in [5.74, 6) is -0.230. The number of nitrogen functional groups attached to an aromatic ring is 2. The number of ether oxygens (including phenoxy) is 1. The highest BCUT2D eigenvalue weighted by Crippen LogP contribution is 2.33. The standard InChI is InChI=1S/C13H12N2O2/c1-2-12(16)17-13-10-7-9(14)5-3-8(10)4-6-11(13)15/h2-7H,1,14-15H2. The Morgan fingerprint density at radius 2 is 1.94 bits per heavy atom. The van der Waals surface area contributed by atoms with Crippen LogP contribution < -0.4 is 16.2 Å². The second-order valence-corrected chi connectivity index (χ2v) is 3.59. The van der Waals surface area contributed by atoms with Gasteiger partial charge in [-0.25, -0.2) is 4.79 Å². The molecule has 86 valence electrons. The summed E-state index contributed by atoms with van der Waals surface area (Å²) >= 11 is 0. The molecule has 0 spiro atoms. The van der Waals surface area contributed by atoms with Crippen molar-refractivity contribution in [1.29, 1.82) is 0 Å². The molecule has 2 aromatic rings. The highest BCUT2D eigenvalue weighted by atomic mass is 16.5. The van der Waals surface area contributed by atoms with E-state index in [9.17, 15) is 4.79 Å². The van der Waals surface area contributed by atoms with Crippen LogP contribution >= 0.6 is 0 Å². The minimum atomic E-state index is -0.549. The molecule has 0 amide bonds. The Balaban J connectivity index is 2.65. The summed E-state index contributed by atoms with van der Waals surface area (Å²) in [5.41, 5.74) is 12.5. The quantitative estimate of drug-likeness (QED) is 0.357. The zero-order valence-electron chi connectivity index (χ0n) is 9.14. The Labute approximate surface area is 98.5 Å². The van der Waals surface area contributed by atoms with Gasteiger partial charge >= 0.3 is 5.97 Å². The molecule has 17 heavy (non-hydrogen) atoms. The number of rotatable bonds is 2. The molecular formula is C13H12N2O2. The van der Waals surface area contributed by atoms with Crippen molar-refractivity contribution in [1.82, 2.24) is 0 Å². The van der Waals surface area contributed by atoms with Crippen LogP contribution in [0.4, 0.5) is 11.4 Å². The molecular weight excluding hydrogens is 216 g/mol. The average Bonchev–Trinajstić information content (AvgIpc) is 2.32. The number of anilines is 2.